The number of carboxylic acid groups (broad SMARTS) is 1. The second kappa shape index (κ2) is 25.5. The van der Waals surface area contributed by atoms with Crippen LogP contribution in [-0.2, 0) is 27.4 Å². The Morgan fingerprint density at radius 3 is 1.24 bits per heavy atom. The number of para-hydroxylation sites is 2. The number of esters is 1. The molecule has 8 aliphatic rings. The van der Waals surface area contributed by atoms with Crippen molar-refractivity contribution in [2.24, 2.45) is 29.5 Å². The summed E-state index contributed by atoms with van der Waals surface area (Å²) in [4.78, 5) is 84.3. The number of carboxylic acids is 1. The predicted octanol–water partition coefficient (Wildman–Crippen LogP) is 5.43. The van der Waals surface area contributed by atoms with Crippen molar-refractivity contribution >= 4 is 33.7 Å². The van der Waals surface area contributed by atoms with Crippen LogP contribution in [0.5, 0.6) is 0 Å². The van der Waals surface area contributed by atoms with Crippen molar-refractivity contribution in [1.29, 1.82) is 0 Å². The number of rotatable bonds is 9. The molecule has 76 heavy (non-hydrogen) atoms. The number of ether oxygens (including phenoxy) is 1. The second-order valence-electron chi connectivity index (χ2n) is 23.8. The molecule has 408 valence electrons. The molecule has 2 aromatic carbocycles. The SMILES string of the molecule is CCOC(=O)Cn1c(=O)n(C2C[C@H]3CCC[C@@H](C2)N3C2C[C@H]3CCCC[C@@H](C2)C3)c(=O)c2ccccc21.N[N-]O.O=C(O)Cn1c(=O)n(C2C[C@H]3CCC[C@@H](C2)N3C2C[C@H]3CCCC[C@@H](C2)C3)c(=O)c2ccccc21.[Na+]. The fourth-order valence-electron chi connectivity index (χ4n) is 16.7. The molecule has 6 heterocycles. The van der Waals surface area contributed by atoms with Gasteiger partial charge in [0.05, 0.1) is 28.4 Å². The van der Waals surface area contributed by atoms with Gasteiger partial charge >= 0.3 is 52.9 Å². The molecule has 4 aliphatic heterocycles. The average Bonchev–Trinajstić information content (AvgIpc) is 3.68. The molecule has 4 aliphatic carbocycles. The van der Waals surface area contributed by atoms with Crippen LogP contribution in [0.15, 0.2) is 67.7 Å². The Balaban J connectivity index is 0.000000175. The summed E-state index contributed by atoms with van der Waals surface area (Å²) in [6.45, 7) is 1.41. The van der Waals surface area contributed by atoms with E-state index in [0.717, 1.165) is 75.0 Å². The molecule has 8 fully saturated rings. The molecule has 12 atom stereocenters. The van der Waals surface area contributed by atoms with Gasteiger partial charge in [-0.1, -0.05) is 88.5 Å². The van der Waals surface area contributed by atoms with E-state index in [1.807, 2.05) is 11.7 Å². The van der Waals surface area contributed by atoms with Gasteiger partial charge in [-0.15, -0.1) is 0 Å². The molecule has 0 spiro atoms. The van der Waals surface area contributed by atoms with Crippen LogP contribution in [0.25, 0.3) is 27.4 Å². The number of carbonyl (C=O) groups excluding carboxylic acids is 1. The minimum Gasteiger partial charge on any atom is -0.488 e. The number of hydrogen-bond donors (Lipinski definition) is 3. The van der Waals surface area contributed by atoms with E-state index in [0.29, 0.717) is 58.1 Å². The fourth-order valence-corrected chi connectivity index (χ4v) is 16.7. The maximum absolute atomic E-state index is 13.8. The van der Waals surface area contributed by atoms with E-state index >= 15 is 0 Å². The molecule has 2 aromatic heterocycles. The molecule has 4 saturated carbocycles. The summed E-state index contributed by atoms with van der Waals surface area (Å²) in [6, 6.07) is 16.7. The van der Waals surface area contributed by atoms with Crippen LogP contribution in [0.4, 0.5) is 0 Å². The Bertz CT molecular complexity index is 2860. The third-order valence-electron chi connectivity index (χ3n) is 19.3. The van der Waals surface area contributed by atoms with E-state index in [2.05, 4.69) is 15.6 Å². The largest absolute Gasteiger partial charge is 1.00 e. The number of aromatic nitrogens is 4. The van der Waals surface area contributed by atoms with E-state index in [9.17, 15) is 33.9 Å². The molecule has 4 N–H and O–H groups in total. The zero-order valence-corrected chi connectivity index (χ0v) is 47.1. The Morgan fingerprint density at radius 1 is 0.526 bits per heavy atom. The summed E-state index contributed by atoms with van der Waals surface area (Å²) in [7, 11) is 0. The first-order valence-corrected chi connectivity index (χ1v) is 28.9. The van der Waals surface area contributed by atoms with Crippen molar-refractivity contribution in [1.82, 2.24) is 28.1 Å². The molecule has 4 unspecified atom stereocenters. The summed E-state index contributed by atoms with van der Waals surface area (Å²) in [6.07, 6.45) is 29.6. The van der Waals surface area contributed by atoms with Gasteiger partial charge < -0.3 is 26.5 Å². The van der Waals surface area contributed by atoms with E-state index in [1.165, 1.54) is 121 Å². The number of carbonyl (C=O) groups is 2. The van der Waals surface area contributed by atoms with Crippen molar-refractivity contribution < 1.29 is 54.2 Å². The van der Waals surface area contributed by atoms with Crippen molar-refractivity contribution in [3.63, 3.8) is 0 Å². The summed E-state index contributed by atoms with van der Waals surface area (Å²) in [5.41, 5.74) is 1.56. The van der Waals surface area contributed by atoms with Gasteiger partial charge in [-0.2, -0.15) is 0 Å². The van der Waals surface area contributed by atoms with Crippen molar-refractivity contribution in [2.75, 3.05) is 6.61 Å². The minimum atomic E-state index is -1.08. The van der Waals surface area contributed by atoms with Crippen LogP contribution in [0.2, 0.25) is 0 Å². The number of aliphatic carboxylic acids is 1. The zero-order valence-electron chi connectivity index (χ0n) is 45.1. The standard InChI is InChI=1S/C30H41N3O4.C28H37N3O4.H3N2O.Na/c1-2-37-28(34)19-31-27-13-6-5-12-26(27)29(35)33(30(31)36)25-17-22-10-7-11-23(18-25)32(22)24-15-20-8-3-4-9-21(14-20)16-24;32-26(33)17-29-25-11-4-3-10-24(25)27(34)31(28(29)35)23-15-20-8-5-9-21(16-23)30(20)22-13-18-6-1-2-7-19(12-18)14-22;1-2-3;/h5-6,12-13,20-25H,2-4,7-11,14-19H2,1H3;3-4,10-11,18-23H,1-2,5-9,12-17H2,(H,32,33);3H,1H2;/q;;-1;+1/t20-,21+,22-,23+,24?,25?;18-,19+,20-,21+,22?,23?;;. The smallest absolute Gasteiger partial charge is 0.488 e. The maximum atomic E-state index is 13.8. The molecule has 0 radical (unpaired) electrons. The topological polar surface area (TPSA) is 218 Å². The van der Waals surface area contributed by atoms with Crippen LogP contribution in [-0.4, -0.2) is 93.2 Å². The van der Waals surface area contributed by atoms with E-state index < -0.39 is 24.2 Å². The summed E-state index contributed by atoms with van der Waals surface area (Å²) < 4.78 is 10.8. The van der Waals surface area contributed by atoms with Gasteiger partial charge in [-0.3, -0.25) is 47.2 Å². The first-order valence-electron chi connectivity index (χ1n) is 28.9. The monoisotopic (exact) mass is 1060 g/mol. The third kappa shape index (κ3) is 12.0. The van der Waals surface area contributed by atoms with Crippen molar-refractivity contribution in [3.8, 4) is 0 Å². The van der Waals surface area contributed by atoms with E-state index in [4.69, 9.17) is 9.94 Å². The quantitative estimate of drug-likeness (QED) is 0.0827. The molecular weight excluding hydrogens is 976 g/mol. The van der Waals surface area contributed by atoms with Gasteiger partial charge in [-0.25, -0.2) is 9.59 Å². The van der Waals surface area contributed by atoms with E-state index in [1.54, 1.807) is 49.4 Å². The van der Waals surface area contributed by atoms with Gasteiger partial charge in [0.25, 0.3) is 11.1 Å². The van der Waals surface area contributed by atoms with Crippen molar-refractivity contribution in [2.45, 2.75) is 222 Å². The Morgan fingerprint density at radius 2 is 0.882 bits per heavy atom. The predicted molar refractivity (Wildman–Crippen MR) is 288 cm³/mol. The van der Waals surface area contributed by atoms with Gasteiger partial charge in [0.1, 0.15) is 13.1 Å². The fraction of sp³-hybridized carbons (Fsp3) is 0.690. The summed E-state index contributed by atoms with van der Waals surface area (Å²) in [5.74, 6) is 5.99. The van der Waals surface area contributed by atoms with Crippen LogP contribution in [0.3, 0.4) is 0 Å². The Kier molecular flexibility index (Phi) is 19.0. The number of nitrogens with zero attached hydrogens (tertiary/aromatic N) is 7. The number of hydrogen-bond acceptors (Lipinski definition) is 11. The van der Waals surface area contributed by atoms with Gasteiger partial charge in [0.2, 0.25) is 0 Å². The molecule has 12 rings (SSSR count). The van der Waals surface area contributed by atoms with Gasteiger partial charge in [0.15, 0.2) is 0 Å². The van der Waals surface area contributed by atoms with Gasteiger partial charge in [-0.05, 0) is 145 Å². The molecular formula is C58H81N8NaO9. The molecule has 4 aromatic rings. The summed E-state index contributed by atoms with van der Waals surface area (Å²) in [5, 5.41) is 17.4. The van der Waals surface area contributed by atoms with Crippen molar-refractivity contribution in [3.05, 3.63) is 95.8 Å². The molecule has 17 nitrogen and oxygen atoms in total. The normalized spacial score (nSPS) is 31.2. The van der Waals surface area contributed by atoms with E-state index in [-0.39, 0.29) is 71.6 Å². The number of benzene rings is 2. The Labute approximate surface area is 467 Å². The number of nitrogens with two attached hydrogens (primary N) is 1. The first-order chi connectivity index (χ1) is 36.4. The molecule has 18 heteroatoms. The first kappa shape index (κ1) is 56.8. The van der Waals surface area contributed by atoms with Crippen LogP contribution < -0.4 is 57.9 Å². The molecule has 0 amide bonds. The number of fused-ring (bicyclic) bond motifs is 10. The summed E-state index contributed by atoms with van der Waals surface area (Å²) >= 11 is 0. The third-order valence-corrected chi connectivity index (χ3v) is 19.3. The zero-order chi connectivity index (χ0) is 52.3. The second-order valence-corrected chi connectivity index (χ2v) is 23.8. The Hall–Kier alpha value is -3.94. The maximum Gasteiger partial charge on any atom is 1.00 e. The van der Waals surface area contributed by atoms with Crippen LogP contribution in [0.1, 0.15) is 173 Å². The molecule has 4 saturated heterocycles. The molecule has 8 bridgehead atoms. The van der Waals surface area contributed by atoms with Crippen LogP contribution >= 0.6 is 0 Å². The van der Waals surface area contributed by atoms with Gasteiger partial charge in [0, 0.05) is 48.3 Å². The minimum absolute atomic E-state index is 0. The average molecular weight is 1060 g/mol. The van der Waals surface area contributed by atoms with Crippen LogP contribution in [0, 0.1) is 23.7 Å². The number of piperidine rings is 4.